The maximum atomic E-state index is 13.5. The molecule has 106 valence electrons. The molecule has 4 nitrogen and oxygen atoms in total. The van der Waals surface area contributed by atoms with E-state index in [1.165, 1.54) is 18.2 Å². The molecule has 0 aromatic heterocycles. The lowest BCUT2D eigenvalue weighted by Crippen LogP contribution is -2.15. The second-order valence-corrected chi connectivity index (χ2v) is 6.39. The van der Waals surface area contributed by atoms with E-state index in [-0.39, 0.29) is 20.7 Å². The average Bonchev–Trinajstić information content (AvgIpc) is 2.36. The fourth-order valence-electron chi connectivity index (χ4n) is 1.49. The molecule has 8 heteroatoms. The third-order valence-corrected chi connectivity index (χ3v) is 4.78. The summed E-state index contributed by atoms with van der Waals surface area (Å²) in [7, 11) is -4.09. The van der Waals surface area contributed by atoms with Crippen LogP contribution in [0.1, 0.15) is 0 Å². The van der Waals surface area contributed by atoms with E-state index >= 15 is 0 Å². The Morgan fingerprint density at radius 2 is 1.75 bits per heavy atom. The van der Waals surface area contributed by atoms with Crippen LogP contribution in [0.2, 0.25) is 0 Å². The van der Waals surface area contributed by atoms with Gasteiger partial charge in [-0.3, -0.25) is 4.72 Å². The molecule has 0 aliphatic rings. The van der Waals surface area contributed by atoms with Crippen molar-refractivity contribution in [3.63, 3.8) is 0 Å². The maximum Gasteiger partial charge on any atom is 0.263 e. The summed E-state index contributed by atoms with van der Waals surface area (Å²) >= 11 is 2.94. The molecule has 0 fully saturated rings. The van der Waals surface area contributed by atoms with Gasteiger partial charge in [0, 0.05) is 4.47 Å². The first-order chi connectivity index (χ1) is 9.31. The number of para-hydroxylation sites is 1. The van der Waals surface area contributed by atoms with Crippen LogP contribution in [0, 0.1) is 11.6 Å². The van der Waals surface area contributed by atoms with E-state index in [2.05, 4.69) is 20.7 Å². The molecule has 0 amide bonds. The zero-order valence-corrected chi connectivity index (χ0v) is 12.3. The monoisotopic (exact) mass is 362 g/mol. The first kappa shape index (κ1) is 14.7. The number of halogens is 3. The van der Waals surface area contributed by atoms with E-state index in [0.29, 0.717) is 0 Å². The normalized spacial score (nSPS) is 11.3. The summed E-state index contributed by atoms with van der Waals surface area (Å²) in [6.07, 6.45) is 0. The first-order valence-corrected chi connectivity index (χ1v) is 7.61. The van der Waals surface area contributed by atoms with Crippen LogP contribution in [-0.2, 0) is 10.0 Å². The first-order valence-electron chi connectivity index (χ1n) is 5.33. The van der Waals surface area contributed by atoms with Crippen LogP contribution in [0.5, 0.6) is 0 Å². The van der Waals surface area contributed by atoms with E-state index < -0.39 is 21.7 Å². The van der Waals surface area contributed by atoms with Gasteiger partial charge in [0.05, 0.1) is 11.4 Å². The van der Waals surface area contributed by atoms with Crippen molar-refractivity contribution in [1.29, 1.82) is 0 Å². The van der Waals surface area contributed by atoms with Gasteiger partial charge in [0.1, 0.15) is 16.5 Å². The molecule has 0 aliphatic heterocycles. The van der Waals surface area contributed by atoms with Gasteiger partial charge < -0.3 is 5.73 Å². The van der Waals surface area contributed by atoms with E-state index in [0.717, 1.165) is 18.2 Å². The zero-order valence-electron chi connectivity index (χ0n) is 9.90. The van der Waals surface area contributed by atoms with Gasteiger partial charge in [0.2, 0.25) is 0 Å². The standard InChI is InChI=1S/C12H9BrF2N2O2S/c13-7-5-9(15)10(16)6-12(7)20(18,19)17-11-4-2-1-3-8(11)14/h1-6,17H,16H2. The molecule has 2 rings (SSSR count). The van der Waals surface area contributed by atoms with Crippen LogP contribution in [0.4, 0.5) is 20.2 Å². The van der Waals surface area contributed by atoms with Crippen LogP contribution >= 0.6 is 15.9 Å². The molecule has 0 spiro atoms. The van der Waals surface area contributed by atoms with Crippen molar-refractivity contribution in [2.75, 3.05) is 10.5 Å². The quantitative estimate of drug-likeness (QED) is 0.824. The Kier molecular flexibility index (Phi) is 3.96. The highest BCUT2D eigenvalue weighted by molar-refractivity contribution is 9.10. The SMILES string of the molecule is Nc1cc(S(=O)(=O)Nc2ccccc2F)c(Br)cc1F. The number of nitrogens with two attached hydrogens (primary N) is 1. The van der Waals surface area contributed by atoms with Crippen LogP contribution in [-0.4, -0.2) is 8.42 Å². The molecule has 3 N–H and O–H groups in total. The van der Waals surface area contributed by atoms with Crippen molar-refractivity contribution in [2.24, 2.45) is 0 Å². The van der Waals surface area contributed by atoms with Crippen LogP contribution in [0.25, 0.3) is 0 Å². The van der Waals surface area contributed by atoms with Gasteiger partial charge in [-0.1, -0.05) is 12.1 Å². The van der Waals surface area contributed by atoms with Gasteiger partial charge in [-0.05, 0) is 40.2 Å². The van der Waals surface area contributed by atoms with Crippen LogP contribution < -0.4 is 10.5 Å². The third-order valence-electron chi connectivity index (χ3n) is 2.46. The summed E-state index contributed by atoms with van der Waals surface area (Å²) in [6, 6.07) is 7.20. The summed E-state index contributed by atoms with van der Waals surface area (Å²) in [4.78, 5) is -0.278. The van der Waals surface area contributed by atoms with Gasteiger partial charge in [-0.2, -0.15) is 0 Å². The summed E-state index contributed by atoms with van der Waals surface area (Å²) in [5, 5.41) is 0. The summed E-state index contributed by atoms with van der Waals surface area (Å²) < 4.78 is 53.0. The second-order valence-electron chi connectivity index (χ2n) is 3.89. The Labute approximate surface area is 122 Å². The Balaban J connectivity index is 2.47. The fraction of sp³-hybridized carbons (Fsp3) is 0. The minimum atomic E-state index is -4.09. The van der Waals surface area contributed by atoms with E-state index in [9.17, 15) is 17.2 Å². The maximum absolute atomic E-state index is 13.5. The molecule has 2 aromatic carbocycles. The highest BCUT2D eigenvalue weighted by Gasteiger charge is 2.21. The smallest absolute Gasteiger partial charge is 0.263 e. The summed E-state index contributed by atoms with van der Waals surface area (Å²) in [6.45, 7) is 0. The number of rotatable bonds is 3. The molecule has 0 bridgehead atoms. The van der Waals surface area contributed by atoms with Gasteiger partial charge in [-0.15, -0.1) is 0 Å². The lowest BCUT2D eigenvalue weighted by molar-refractivity contribution is 0.597. The number of nitrogen functional groups attached to an aromatic ring is 1. The topological polar surface area (TPSA) is 72.2 Å². The largest absolute Gasteiger partial charge is 0.396 e. The molecule has 0 saturated carbocycles. The molecule has 20 heavy (non-hydrogen) atoms. The van der Waals surface area contributed by atoms with Gasteiger partial charge >= 0.3 is 0 Å². The predicted molar refractivity (Wildman–Crippen MR) is 75.7 cm³/mol. The number of anilines is 2. The predicted octanol–water partition coefficient (Wildman–Crippen LogP) is 3.11. The molecule has 0 saturated heterocycles. The number of hydrogen-bond acceptors (Lipinski definition) is 3. The minimum absolute atomic E-state index is 0.00645. The number of benzene rings is 2. The van der Waals surface area contributed by atoms with Crippen LogP contribution in [0.3, 0.4) is 0 Å². The molecule has 0 atom stereocenters. The second kappa shape index (κ2) is 5.37. The van der Waals surface area contributed by atoms with Crippen molar-refractivity contribution in [2.45, 2.75) is 4.90 Å². The van der Waals surface area contributed by atoms with Gasteiger partial charge in [-0.25, -0.2) is 17.2 Å². The molecule has 0 aliphatic carbocycles. The molecule has 0 radical (unpaired) electrons. The van der Waals surface area contributed by atoms with Gasteiger partial charge in [0.25, 0.3) is 10.0 Å². The Hall–Kier alpha value is -1.67. The van der Waals surface area contributed by atoms with E-state index in [1.54, 1.807) is 0 Å². The number of hydrogen-bond donors (Lipinski definition) is 2. The summed E-state index contributed by atoms with van der Waals surface area (Å²) in [5.74, 6) is -1.47. The summed E-state index contributed by atoms with van der Waals surface area (Å²) in [5.41, 5.74) is 4.82. The molecule has 2 aromatic rings. The molecular weight excluding hydrogens is 354 g/mol. The lowest BCUT2D eigenvalue weighted by Gasteiger charge is -2.11. The van der Waals surface area contributed by atoms with Crippen molar-refractivity contribution in [3.8, 4) is 0 Å². The third kappa shape index (κ3) is 2.91. The Morgan fingerprint density at radius 1 is 1.10 bits per heavy atom. The average molecular weight is 363 g/mol. The lowest BCUT2D eigenvalue weighted by atomic mass is 10.3. The zero-order chi connectivity index (χ0) is 14.9. The Bertz CT molecular complexity index is 766. The highest BCUT2D eigenvalue weighted by atomic mass is 79.9. The highest BCUT2D eigenvalue weighted by Crippen LogP contribution is 2.28. The molecule has 0 unspecified atom stereocenters. The van der Waals surface area contributed by atoms with E-state index in [1.807, 2.05) is 0 Å². The van der Waals surface area contributed by atoms with E-state index in [4.69, 9.17) is 5.73 Å². The number of sulfonamides is 1. The Morgan fingerprint density at radius 3 is 2.40 bits per heavy atom. The molecule has 0 heterocycles. The van der Waals surface area contributed by atoms with Crippen molar-refractivity contribution in [3.05, 3.63) is 52.5 Å². The van der Waals surface area contributed by atoms with Crippen LogP contribution in [0.15, 0.2) is 45.8 Å². The minimum Gasteiger partial charge on any atom is -0.396 e. The number of nitrogens with one attached hydrogen (secondary N) is 1. The molecular formula is C12H9BrF2N2O2S. The van der Waals surface area contributed by atoms with Gasteiger partial charge in [0.15, 0.2) is 0 Å². The van der Waals surface area contributed by atoms with Crippen molar-refractivity contribution in [1.82, 2.24) is 0 Å². The van der Waals surface area contributed by atoms with Crippen molar-refractivity contribution >= 4 is 37.3 Å². The van der Waals surface area contributed by atoms with Crippen molar-refractivity contribution < 1.29 is 17.2 Å². The fourth-order valence-corrected chi connectivity index (χ4v) is 3.61.